The number of piperidine rings is 1. The minimum Gasteiger partial charge on any atom is -0.454 e. The Labute approximate surface area is 192 Å². The number of nitrogens with zero attached hydrogens (tertiary/aromatic N) is 1. The number of aliphatic hydroxyl groups excluding tert-OH is 1. The number of nitrogens with one attached hydrogen (secondary N) is 1. The van der Waals surface area contributed by atoms with Gasteiger partial charge in [-0.15, -0.1) is 0 Å². The first-order valence-electron chi connectivity index (χ1n) is 12.1. The number of aryl methyl sites for hydroxylation is 1. The number of fused-ring (bicyclic) bond motifs is 1. The quantitative estimate of drug-likeness (QED) is 0.719. The van der Waals surface area contributed by atoms with Crippen LogP contribution < -0.4 is 14.8 Å². The van der Waals surface area contributed by atoms with Gasteiger partial charge in [-0.3, -0.25) is 0 Å². The highest BCUT2D eigenvalue weighted by Crippen LogP contribution is 2.40. The standard InChI is InChI=1S/C21H25NO2.C6H13NO/c1-14-6-8-16(9-7-14)17-10-11-18(12-17)22-15(2)19-4-3-5-20-21(19)24-13-23-20;1-7-4-2-6(8)3-5-7/h3-9,15,17-18,22H,10-13H2,1-2H3;6,8H,2-5H2,1H3. The maximum atomic E-state index is 9.00. The van der Waals surface area contributed by atoms with E-state index in [9.17, 15) is 0 Å². The molecule has 1 saturated carbocycles. The summed E-state index contributed by atoms with van der Waals surface area (Å²) in [4.78, 5) is 2.24. The van der Waals surface area contributed by atoms with E-state index in [1.807, 2.05) is 12.1 Å². The van der Waals surface area contributed by atoms with Crippen LogP contribution in [0.15, 0.2) is 42.5 Å². The summed E-state index contributed by atoms with van der Waals surface area (Å²) in [5.41, 5.74) is 4.01. The van der Waals surface area contributed by atoms with Crippen LogP contribution in [-0.4, -0.2) is 49.1 Å². The summed E-state index contributed by atoms with van der Waals surface area (Å²) in [6, 6.07) is 16.0. The second kappa shape index (κ2) is 10.7. The maximum absolute atomic E-state index is 9.00. The predicted molar refractivity (Wildman–Crippen MR) is 128 cm³/mol. The van der Waals surface area contributed by atoms with E-state index in [0.717, 1.165) is 37.4 Å². The first-order chi connectivity index (χ1) is 15.5. The summed E-state index contributed by atoms with van der Waals surface area (Å²) in [7, 11) is 2.09. The van der Waals surface area contributed by atoms with E-state index in [-0.39, 0.29) is 12.1 Å². The van der Waals surface area contributed by atoms with Crippen LogP contribution in [0.3, 0.4) is 0 Å². The second-order valence-electron chi connectivity index (χ2n) is 9.62. The Hall–Kier alpha value is -2.08. The molecule has 5 rings (SSSR count). The third kappa shape index (κ3) is 5.83. The van der Waals surface area contributed by atoms with Crippen molar-refractivity contribution < 1.29 is 14.6 Å². The summed E-state index contributed by atoms with van der Waals surface area (Å²) >= 11 is 0. The highest BCUT2D eigenvalue weighted by atomic mass is 16.7. The van der Waals surface area contributed by atoms with Gasteiger partial charge in [0.05, 0.1) is 6.10 Å². The highest BCUT2D eigenvalue weighted by Gasteiger charge is 2.28. The van der Waals surface area contributed by atoms with Gasteiger partial charge in [-0.25, -0.2) is 0 Å². The molecule has 0 spiro atoms. The van der Waals surface area contributed by atoms with Crippen molar-refractivity contribution in [2.75, 3.05) is 26.9 Å². The minimum absolute atomic E-state index is 0.0220. The number of likely N-dealkylation sites (tertiary alicyclic amines) is 1. The topological polar surface area (TPSA) is 54.0 Å². The molecule has 2 fully saturated rings. The zero-order valence-electron chi connectivity index (χ0n) is 19.7. The molecule has 1 aliphatic carbocycles. The molecule has 0 amide bonds. The van der Waals surface area contributed by atoms with Gasteiger partial charge in [0.1, 0.15) is 0 Å². The molecule has 3 unspecified atom stereocenters. The minimum atomic E-state index is -0.0220. The van der Waals surface area contributed by atoms with Gasteiger partial charge < -0.3 is 24.8 Å². The Balaban J connectivity index is 0.000000260. The molecule has 32 heavy (non-hydrogen) atoms. The Morgan fingerprint density at radius 1 is 1.00 bits per heavy atom. The fraction of sp³-hybridized carbons (Fsp3) is 0.556. The summed E-state index contributed by atoms with van der Waals surface area (Å²) in [6.07, 6.45) is 5.59. The average molecular weight is 439 g/mol. The van der Waals surface area contributed by atoms with Crippen LogP contribution in [-0.2, 0) is 0 Å². The Morgan fingerprint density at radius 3 is 2.47 bits per heavy atom. The van der Waals surface area contributed by atoms with Crippen LogP contribution in [0.1, 0.15) is 67.7 Å². The van der Waals surface area contributed by atoms with Crippen LogP contribution in [0.4, 0.5) is 0 Å². The van der Waals surface area contributed by atoms with Crippen molar-refractivity contribution in [2.45, 2.75) is 70.1 Å². The van der Waals surface area contributed by atoms with E-state index in [2.05, 4.69) is 61.4 Å². The van der Waals surface area contributed by atoms with Gasteiger partial charge in [0, 0.05) is 30.7 Å². The molecule has 174 valence electrons. The van der Waals surface area contributed by atoms with Gasteiger partial charge in [-0.1, -0.05) is 42.0 Å². The number of hydrogen-bond donors (Lipinski definition) is 2. The summed E-state index contributed by atoms with van der Waals surface area (Å²) < 4.78 is 11.1. The van der Waals surface area contributed by atoms with Crippen molar-refractivity contribution in [1.29, 1.82) is 0 Å². The first-order valence-corrected chi connectivity index (χ1v) is 12.1. The zero-order valence-corrected chi connectivity index (χ0v) is 19.7. The molecule has 2 aromatic carbocycles. The summed E-state index contributed by atoms with van der Waals surface area (Å²) in [5, 5.41) is 12.8. The van der Waals surface area contributed by atoms with Gasteiger partial charge in [0.15, 0.2) is 11.5 Å². The molecule has 2 heterocycles. The number of aliphatic hydroxyl groups is 1. The van der Waals surface area contributed by atoms with Crippen molar-refractivity contribution in [3.8, 4) is 11.5 Å². The molecule has 3 atom stereocenters. The fourth-order valence-electron chi connectivity index (χ4n) is 5.01. The van der Waals surface area contributed by atoms with Gasteiger partial charge in [-0.05, 0) is 70.5 Å². The average Bonchev–Trinajstić information content (AvgIpc) is 3.46. The van der Waals surface area contributed by atoms with Gasteiger partial charge in [0.2, 0.25) is 6.79 Å². The van der Waals surface area contributed by atoms with Crippen molar-refractivity contribution in [3.63, 3.8) is 0 Å². The predicted octanol–water partition coefficient (Wildman–Crippen LogP) is 4.78. The molecule has 2 aliphatic heterocycles. The molecular formula is C27H38N2O3. The van der Waals surface area contributed by atoms with Crippen molar-refractivity contribution in [1.82, 2.24) is 10.2 Å². The Bertz CT molecular complexity index is 852. The fourth-order valence-corrected chi connectivity index (χ4v) is 5.01. The number of para-hydroxylation sites is 1. The smallest absolute Gasteiger partial charge is 0.231 e. The van der Waals surface area contributed by atoms with Crippen molar-refractivity contribution >= 4 is 0 Å². The van der Waals surface area contributed by atoms with Gasteiger partial charge in [-0.2, -0.15) is 0 Å². The molecule has 1 saturated heterocycles. The molecule has 5 nitrogen and oxygen atoms in total. The SMILES string of the molecule is CN1CCC(O)CC1.Cc1ccc(C2CCC(NC(C)c3cccc4c3OCO4)C2)cc1. The lowest BCUT2D eigenvalue weighted by Crippen LogP contribution is -2.32. The summed E-state index contributed by atoms with van der Waals surface area (Å²) in [5.74, 6) is 2.45. The van der Waals surface area contributed by atoms with E-state index in [1.165, 1.54) is 36.0 Å². The lowest BCUT2D eigenvalue weighted by atomic mass is 9.96. The van der Waals surface area contributed by atoms with Crippen LogP contribution in [0.2, 0.25) is 0 Å². The van der Waals surface area contributed by atoms with E-state index < -0.39 is 0 Å². The number of hydrogen-bond acceptors (Lipinski definition) is 5. The third-order valence-electron chi connectivity index (χ3n) is 7.05. The Kier molecular flexibility index (Phi) is 7.71. The molecule has 5 heteroatoms. The molecule has 0 radical (unpaired) electrons. The van der Waals surface area contributed by atoms with E-state index in [4.69, 9.17) is 14.6 Å². The number of ether oxygens (including phenoxy) is 2. The zero-order chi connectivity index (χ0) is 22.5. The van der Waals surface area contributed by atoms with E-state index in [0.29, 0.717) is 18.8 Å². The third-order valence-corrected chi connectivity index (χ3v) is 7.05. The molecule has 3 aliphatic rings. The van der Waals surface area contributed by atoms with Crippen LogP contribution in [0.5, 0.6) is 11.5 Å². The molecule has 0 aromatic heterocycles. The van der Waals surface area contributed by atoms with Crippen LogP contribution >= 0.6 is 0 Å². The van der Waals surface area contributed by atoms with Gasteiger partial charge in [0.25, 0.3) is 0 Å². The van der Waals surface area contributed by atoms with E-state index >= 15 is 0 Å². The molecular weight excluding hydrogens is 400 g/mol. The van der Waals surface area contributed by atoms with E-state index in [1.54, 1.807) is 0 Å². The maximum Gasteiger partial charge on any atom is 0.231 e. The van der Waals surface area contributed by atoms with Crippen LogP contribution in [0.25, 0.3) is 0 Å². The first kappa shape index (κ1) is 23.1. The monoisotopic (exact) mass is 438 g/mol. The summed E-state index contributed by atoms with van der Waals surface area (Å²) in [6.45, 7) is 6.81. The number of rotatable bonds is 4. The van der Waals surface area contributed by atoms with Crippen LogP contribution in [0, 0.1) is 6.92 Å². The lowest BCUT2D eigenvalue weighted by molar-refractivity contribution is 0.0943. The molecule has 2 N–H and O–H groups in total. The highest BCUT2D eigenvalue weighted by molar-refractivity contribution is 5.49. The largest absolute Gasteiger partial charge is 0.454 e. The van der Waals surface area contributed by atoms with Gasteiger partial charge >= 0.3 is 0 Å². The number of benzene rings is 2. The van der Waals surface area contributed by atoms with Crippen molar-refractivity contribution in [3.05, 3.63) is 59.2 Å². The lowest BCUT2D eigenvalue weighted by Gasteiger charge is -2.25. The normalized spacial score (nSPS) is 24.1. The Morgan fingerprint density at radius 2 is 1.75 bits per heavy atom. The molecule has 0 bridgehead atoms. The molecule has 2 aromatic rings. The van der Waals surface area contributed by atoms with Crippen molar-refractivity contribution in [2.24, 2.45) is 0 Å². The second-order valence-corrected chi connectivity index (χ2v) is 9.62.